The summed E-state index contributed by atoms with van der Waals surface area (Å²) >= 11 is 0. The molecule has 0 heterocycles. The van der Waals surface area contributed by atoms with Crippen LogP contribution in [0.3, 0.4) is 0 Å². The van der Waals surface area contributed by atoms with Gasteiger partial charge in [-0.3, -0.25) is 9.59 Å². The Morgan fingerprint density at radius 3 is 2.34 bits per heavy atom. The minimum absolute atomic E-state index is 0.0666. The molecule has 1 fully saturated rings. The Labute approximate surface area is 177 Å². The number of carbonyl (C=O) groups is 2. The standard InChI is InChI=1S/C26H40O3/c1-4-6-7-8-9-13-21-16-18-22(19-17-21)23-14-10-11-15-24(23)26(28)20(3)29-25(27)12-5-2/h10-11,14-15,20-22H,4-9,12-13,16-19H2,1-3H3. The van der Waals surface area contributed by atoms with Crippen LogP contribution in [0.25, 0.3) is 0 Å². The van der Waals surface area contributed by atoms with E-state index < -0.39 is 6.10 Å². The van der Waals surface area contributed by atoms with Crippen molar-refractivity contribution < 1.29 is 14.3 Å². The minimum Gasteiger partial charge on any atom is -0.454 e. The number of esters is 1. The van der Waals surface area contributed by atoms with Gasteiger partial charge >= 0.3 is 5.97 Å². The molecule has 0 spiro atoms. The molecular weight excluding hydrogens is 360 g/mol. The zero-order valence-electron chi connectivity index (χ0n) is 18.8. The second-order valence-electron chi connectivity index (χ2n) is 8.75. The first-order chi connectivity index (χ1) is 14.1. The van der Waals surface area contributed by atoms with Gasteiger partial charge in [-0.15, -0.1) is 0 Å². The predicted octanol–water partition coefficient (Wildman–Crippen LogP) is 7.24. The molecule has 0 radical (unpaired) electrons. The van der Waals surface area contributed by atoms with Crippen molar-refractivity contribution in [3.05, 3.63) is 35.4 Å². The van der Waals surface area contributed by atoms with Gasteiger partial charge in [-0.1, -0.05) is 76.6 Å². The smallest absolute Gasteiger partial charge is 0.306 e. The number of carbonyl (C=O) groups excluding carboxylic acids is 2. The SMILES string of the molecule is CCCCCCCC1CCC(c2ccccc2C(=O)C(C)OC(=O)CCC)CC1. The summed E-state index contributed by atoms with van der Waals surface area (Å²) in [6.07, 6.45) is 13.4. The third kappa shape index (κ3) is 7.60. The summed E-state index contributed by atoms with van der Waals surface area (Å²) in [5.41, 5.74) is 1.89. The predicted molar refractivity (Wildman–Crippen MR) is 119 cm³/mol. The first kappa shape index (κ1) is 23.6. The van der Waals surface area contributed by atoms with E-state index in [0.29, 0.717) is 12.3 Å². The average molecular weight is 401 g/mol. The van der Waals surface area contributed by atoms with Crippen LogP contribution in [0.4, 0.5) is 0 Å². The van der Waals surface area contributed by atoms with Crippen molar-refractivity contribution in [1.82, 2.24) is 0 Å². The molecular formula is C26H40O3. The van der Waals surface area contributed by atoms with Crippen molar-refractivity contribution in [1.29, 1.82) is 0 Å². The van der Waals surface area contributed by atoms with Gasteiger partial charge in [0.2, 0.25) is 5.78 Å². The van der Waals surface area contributed by atoms with Gasteiger partial charge in [0.15, 0.2) is 6.10 Å². The number of rotatable bonds is 12. The number of hydrogen-bond acceptors (Lipinski definition) is 3. The fourth-order valence-electron chi connectivity index (χ4n) is 4.61. The van der Waals surface area contributed by atoms with E-state index in [2.05, 4.69) is 13.0 Å². The lowest BCUT2D eigenvalue weighted by molar-refractivity contribution is -0.146. The highest BCUT2D eigenvalue weighted by Crippen LogP contribution is 2.39. The quantitative estimate of drug-likeness (QED) is 0.211. The Morgan fingerprint density at radius 1 is 0.966 bits per heavy atom. The molecule has 0 amide bonds. The van der Waals surface area contributed by atoms with Gasteiger partial charge in [0.25, 0.3) is 0 Å². The molecule has 0 N–H and O–H groups in total. The molecule has 1 aromatic rings. The van der Waals surface area contributed by atoms with Crippen LogP contribution in [0, 0.1) is 5.92 Å². The zero-order chi connectivity index (χ0) is 21.1. The van der Waals surface area contributed by atoms with Gasteiger partial charge < -0.3 is 4.74 Å². The summed E-state index contributed by atoms with van der Waals surface area (Å²) in [7, 11) is 0. The second kappa shape index (κ2) is 12.8. The summed E-state index contributed by atoms with van der Waals surface area (Å²) in [5, 5.41) is 0. The number of Topliss-reactive ketones (excluding diaryl/α,β-unsaturated/α-hetero) is 1. The van der Waals surface area contributed by atoms with Gasteiger partial charge in [0.1, 0.15) is 0 Å². The Balaban J connectivity index is 1.90. The molecule has 0 aromatic heterocycles. The molecule has 3 heteroatoms. The van der Waals surface area contributed by atoms with Crippen LogP contribution in [0.1, 0.15) is 120 Å². The third-order valence-corrected chi connectivity index (χ3v) is 6.36. The molecule has 1 saturated carbocycles. The summed E-state index contributed by atoms with van der Waals surface area (Å²) in [6.45, 7) is 5.90. The van der Waals surface area contributed by atoms with E-state index in [1.54, 1.807) is 6.92 Å². The van der Waals surface area contributed by atoms with Crippen LogP contribution >= 0.6 is 0 Å². The summed E-state index contributed by atoms with van der Waals surface area (Å²) in [6, 6.07) is 7.95. The van der Waals surface area contributed by atoms with Crippen molar-refractivity contribution in [2.45, 2.75) is 110 Å². The lowest BCUT2D eigenvalue weighted by Crippen LogP contribution is -2.26. The Hall–Kier alpha value is -1.64. The lowest BCUT2D eigenvalue weighted by Gasteiger charge is -2.30. The number of ether oxygens (including phenoxy) is 1. The van der Waals surface area contributed by atoms with Crippen molar-refractivity contribution in [3.8, 4) is 0 Å². The van der Waals surface area contributed by atoms with Gasteiger partial charge in [0.05, 0.1) is 0 Å². The first-order valence-electron chi connectivity index (χ1n) is 11.9. The molecule has 3 nitrogen and oxygen atoms in total. The van der Waals surface area contributed by atoms with Gasteiger partial charge in [-0.2, -0.15) is 0 Å². The minimum atomic E-state index is -0.713. The highest BCUT2D eigenvalue weighted by Gasteiger charge is 2.27. The van der Waals surface area contributed by atoms with Crippen molar-refractivity contribution in [2.75, 3.05) is 0 Å². The molecule has 1 aliphatic rings. The fraction of sp³-hybridized carbons (Fsp3) is 0.692. The monoisotopic (exact) mass is 400 g/mol. The summed E-state index contributed by atoms with van der Waals surface area (Å²) in [4.78, 5) is 24.7. The Kier molecular flexibility index (Phi) is 10.5. The third-order valence-electron chi connectivity index (χ3n) is 6.36. The molecule has 29 heavy (non-hydrogen) atoms. The van der Waals surface area contributed by atoms with E-state index in [1.807, 2.05) is 25.1 Å². The fourth-order valence-corrected chi connectivity index (χ4v) is 4.61. The van der Waals surface area contributed by atoms with Crippen LogP contribution in [0.15, 0.2) is 24.3 Å². The number of benzene rings is 1. The highest BCUT2D eigenvalue weighted by molar-refractivity contribution is 6.01. The lowest BCUT2D eigenvalue weighted by atomic mass is 9.75. The van der Waals surface area contributed by atoms with Gasteiger partial charge in [-0.05, 0) is 56.4 Å². The van der Waals surface area contributed by atoms with Gasteiger partial charge in [-0.25, -0.2) is 0 Å². The maximum atomic E-state index is 13.0. The maximum Gasteiger partial charge on any atom is 0.306 e. The van der Waals surface area contributed by atoms with Crippen LogP contribution < -0.4 is 0 Å². The van der Waals surface area contributed by atoms with Gasteiger partial charge in [0, 0.05) is 12.0 Å². The normalized spacial score (nSPS) is 20.2. The number of ketones is 1. The van der Waals surface area contributed by atoms with E-state index in [9.17, 15) is 9.59 Å². The van der Waals surface area contributed by atoms with Crippen LogP contribution in [0.2, 0.25) is 0 Å². The van der Waals surface area contributed by atoms with Crippen molar-refractivity contribution in [2.24, 2.45) is 5.92 Å². The topological polar surface area (TPSA) is 43.4 Å². The average Bonchev–Trinajstić information content (AvgIpc) is 2.73. The molecule has 0 saturated heterocycles. The summed E-state index contributed by atoms with van der Waals surface area (Å²) in [5.74, 6) is 0.947. The Morgan fingerprint density at radius 2 is 1.66 bits per heavy atom. The van der Waals surface area contributed by atoms with E-state index in [-0.39, 0.29) is 11.8 Å². The number of hydrogen-bond donors (Lipinski definition) is 0. The summed E-state index contributed by atoms with van der Waals surface area (Å²) < 4.78 is 5.35. The molecule has 1 unspecified atom stereocenters. The molecule has 162 valence electrons. The van der Waals surface area contributed by atoms with E-state index in [4.69, 9.17) is 4.74 Å². The molecule has 0 bridgehead atoms. The van der Waals surface area contributed by atoms with Crippen LogP contribution in [-0.2, 0) is 9.53 Å². The Bertz CT molecular complexity index is 629. The largest absolute Gasteiger partial charge is 0.454 e. The van der Waals surface area contributed by atoms with E-state index >= 15 is 0 Å². The first-order valence-corrected chi connectivity index (χ1v) is 11.9. The molecule has 0 aliphatic heterocycles. The van der Waals surface area contributed by atoms with E-state index in [1.165, 1.54) is 51.4 Å². The highest BCUT2D eigenvalue weighted by atomic mass is 16.5. The van der Waals surface area contributed by atoms with Crippen LogP contribution in [0.5, 0.6) is 0 Å². The van der Waals surface area contributed by atoms with E-state index in [0.717, 1.165) is 36.3 Å². The zero-order valence-corrected chi connectivity index (χ0v) is 18.8. The van der Waals surface area contributed by atoms with Crippen LogP contribution in [-0.4, -0.2) is 17.9 Å². The molecule has 1 aromatic carbocycles. The van der Waals surface area contributed by atoms with Crippen molar-refractivity contribution >= 4 is 11.8 Å². The second-order valence-corrected chi connectivity index (χ2v) is 8.75. The van der Waals surface area contributed by atoms with Crippen molar-refractivity contribution in [3.63, 3.8) is 0 Å². The molecule has 1 atom stereocenters. The molecule has 1 aliphatic carbocycles. The maximum absolute atomic E-state index is 13.0. The molecule has 2 rings (SSSR count). The number of unbranched alkanes of at least 4 members (excludes halogenated alkanes) is 4.